The second-order valence-corrected chi connectivity index (χ2v) is 9.10. The van der Waals surface area contributed by atoms with Crippen molar-refractivity contribution in [2.75, 3.05) is 25.1 Å². The van der Waals surface area contributed by atoms with Crippen molar-refractivity contribution in [3.8, 4) is 11.5 Å². The van der Waals surface area contributed by atoms with Gasteiger partial charge in [0.1, 0.15) is 18.2 Å². The lowest BCUT2D eigenvalue weighted by atomic mass is 10.0. The fourth-order valence-corrected chi connectivity index (χ4v) is 5.01. The Morgan fingerprint density at radius 3 is 2.75 bits per heavy atom. The van der Waals surface area contributed by atoms with Crippen molar-refractivity contribution in [2.24, 2.45) is 0 Å². The Kier molecular flexibility index (Phi) is 6.05. The summed E-state index contributed by atoms with van der Waals surface area (Å²) >= 11 is 1.35. The zero-order valence-electron chi connectivity index (χ0n) is 18.0. The monoisotopic (exact) mass is 450 g/mol. The molecule has 32 heavy (non-hydrogen) atoms. The van der Waals surface area contributed by atoms with Crippen LogP contribution in [0.15, 0.2) is 42.5 Å². The Bertz CT molecular complexity index is 1100. The molecule has 3 aromatic rings. The molecule has 0 radical (unpaired) electrons. The molecule has 8 heteroatoms. The molecular weight excluding hydrogens is 424 g/mol. The second-order valence-electron chi connectivity index (χ2n) is 8.04. The highest BCUT2D eigenvalue weighted by Crippen LogP contribution is 2.38. The van der Waals surface area contributed by atoms with Crippen molar-refractivity contribution in [1.82, 2.24) is 15.1 Å². The molecule has 1 fully saturated rings. The summed E-state index contributed by atoms with van der Waals surface area (Å²) in [4.78, 5) is 15.0. The van der Waals surface area contributed by atoms with Gasteiger partial charge in [-0.1, -0.05) is 36.5 Å². The van der Waals surface area contributed by atoms with E-state index in [2.05, 4.69) is 39.5 Å². The van der Waals surface area contributed by atoms with E-state index in [4.69, 9.17) is 9.47 Å². The Morgan fingerprint density at radius 1 is 1.12 bits per heavy atom. The minimum absolute atomic E-state index is 0.220. The molecule has 1 saturated heterocycles. The van der Waals surface area contributed by atoms with E-state index in [0.29, 0.717) is 30.8 Å². The normalized spacial score (nSPS) is 18.0. The molecule has 3 heterocycles. The summed E-state index contributed by atoms with van der Waals surface area (Å²) in [6.07, 6.45) is 3.18. The summed E-state index contributed by atoms with van der Waals surface area (Å²) in [5, 5.41) is 12.6. The largest absolute Gasteiger partial charge is 0.486 e. The smallest absolute Gasteiger partial charge is 0.286 e. The van der Waals surface area contributed by atoms with Gasteiger partial charge in [0.15, 0.2) is 11.5 Å². The van der Waals surface area contributed by atoms with Gasteiger partial charge in [0.25, 0.3) is 5.91 Å². The first-order valence-electron chi connectivity index (χ1n) is 11.1. The Balaban J connectivity index is 1.24. The van der Waals surface area contributed by atoms with Crippen LogP contribution >= 0.6 is 11.3 Å². The molecule has 2 aromatic carbocycles. The number of amides is 1. The van der Waals surface area contributed by atoms with Gasteiger partial charge < -0.3 is 14.8 Å². The average Bonchev–Trinajstić information content (AvgIpc) is 3.49. The highest BCUT2D eigenvalue weighted by molar-refractivity contribution is 7.13. The maximum atomic E-state index is 12.6. The Morgan fingerprint density at radius 2 is 1.94 bits per heavy atom. The number of aromatic nitrogens is 2. The molecule has 0 saturated carbocycles. The van der Waals surface area contributed by atoms with Gasteiger partial charge in [-0.05, 0) is 61.2 Å². The number of carbonyl (C=O) groups is 1. The summed E-state index contributed by atoms with van der Waals surface area (Å²) < 4.78 is 11.4. The molecule has 1 aromatic heterocycles. The van der Waals surface area contributed by atoms with Crippen LogP contribution in [0.5, 0.6) is 11.5 Å². The van der Waals surface area contributed by atoms with Gasteiger partial charge in [-0.3, -0.25) is 9.69 Å². The number of ether oxygens (including phenoxy) is 2. The molecule has 0 bridgehead atoms. The van der Waals surface area contributed by atoms with Crippen LogP contribution in [0, 0.1) is 0 Å². The third kappa shape index (κ3) is 4.47. The number of hydrogen-bond acceptors (Lipinski definition) is 7. The zero-order chi connectivity index (χ0) is 21.9. The predicted molar refractivity (Wildman–Crippen MR) is 123 cm³/mol. The lowest BCUT2D eigenvalue weighted by Gasteiger charge is -2.25. The van der Waals surface area contributed by atoms with Crippen molar-refractivity contribution >= 4 is 22.9 Å². The number of rotatable bonds is 6. The van der Waals surface area contributed by atoms with Gasteiger partial charge in [-0.25, -0.2) is 0 Å². The van der Waals surface area contributed by atoms with Crippen molar-refractivity contribution in [3.63, 3.8) is 0 Å². The molecule has 0 aliphatic carbocycles. The topological polar surface area (TPSA) is 76.6 Å². The first-order chi connectivity index (χ1) is 15.7. The minimum atomic E-state index is -0.220. The van der Waals surface area contributed by atoms with Crippen molar-refractivity contribution in [3.05, 3.63) is 63.6 Å². The maximum absolute atomic E-state index is 12.6. The number of fused-ring (bicyclic) bond motifs is 1. The molecule has 0 spiro atoms. The van der Waals surface area contributed by atoms with Crippen LogP contribution in [0.25, 0.3) is 0 Å². The fraction of sp³-hybridized carbons (Fsp3) is 0.375. The van der Waals surface area contributed by atoms with Gasteiger partial charge in [-0.2, -0.15) is 0 Å². The quantitative estimate of drug-likeness (QED) is 0.598. The molecule has 5 rings (SSSR count). The summed E-state index contributed by atoms with van der Waals surface area (Å²) in [5.41, 5.74) is 3.23. The second kappa shape index (κ2) is 9.26. The fourth-order valence-electron chi connectivity index (χ4n) is 4.25. The summed E-state index contributed by atoms with van der Waals surface area (Å²) in [7, 11) is 0. The van der Waals surface area contributed by atoms with Crippen LogP contribution in [0.4, 0.5) is 5.69 Å². The third-order valence-corrected chi connectivity index (χ3v) is 6.84. The number of nitrogens with one attached hydrogen (secondary N) is 1. The molecule has 1 amide bonds. The average molecular weight is 451 g/mol. The van der Waals surface area contributed by atoms with E-state index < -0.39 is 0 Å². The molecule has 1 N–H and O–H groups in total. The maximum Gasteiger partial charge on any atom is 0.286 e. The van der Waals surface area contributed by atoms with E-state index in [9.17, 15) is 4.79 Å². The first-order valence-corrected chi connectivity index (χ1v) is 11.9. The third-order valence-electron chi connectivity index (χ3n) is 5.93. The summed E-state index contributed by atoms with van der Waals surface area (Å²) in [6, 6.07) is 14.4. The molecule has 2 aliphatic heterocycles. The Labute approximate surface area is 191 Å². The van der Waals surface area contributed by atoms with Crippen molar-refractivity contribution in [2.45, 2.75) is 38.8 Å². The van der Waals surface area contributed by atoms with Crippen LogP contribution < -0.4 is 14.8 Å². The van der Waals surface area contributed by atoms with Crippen LogP contribution in [0.2, 0.25) is 0 Å². The van der Waals surface area contributed by atoms with Crippen LogP contribution in [0.1, 0.15) is 51.7 Å². The summed E-state index contributed by atoms with van der Waals surface area (Å²) in [5.74, 6) is 1.42. The van der Waals surface area contributed by atoms with E-state index >= 15 is 0 Å². The van der Waals surface area contributed by atoms with E-state index in [-0.39, 0.29) is 5.91 Å². The number of benzene rings is 2. The van der Waals surface area contributed by atoms with E-state index in [1.54, 1.807) is 0 Å². The van der Waals surface area contributed by atoms with E-state index in [1.807, 2.05) is 30.3 Å². The van der Waals surface area contributed by atoms with Gasteiger partial charge in [0, 0.05) is 11.7 Å². The van der Waals surface area contributed by atoms with E-state index in [0.717, 1.165) is 48.0 Å². The molecule has 166 valence electrons. The number of anilines is 1. The number of likely N-dealkylation sites (tertiary alicyclic amines) is 1. The Hall–Kier alpha value is -2.97. The standard InChI is InChI=1S/C24H26N4O3S/c1-2-16-5-8-18(9-6-16)25-23(29)24-27-26-22(32-24)15-28-11-3-4-19(28)17-7-10-20-21(14-17)31-13-12-30-20/h5-10,14,19H,2-4,11-13,15H2,1H3,(H,25,29). The van der Waals surface area contributed by atoms with Gasteiger partial charge in [-0.15, -0.1) is 10.2 Å². The highest BCUT2D eigenvalue weighted by atomic mass is 32.1. The lowest BCUT2D eigenvalue weighted by molar-refractivity contribution is 0.102. The summed E-state index contributed by atoms with van der Waals surface area (Å²) in [6.45, 7) is 4.95. The molecule has 7 nitrogen and oxygen atoms in total. The van der Waals surface area contributed by atoms with Gasteiger partial charge in [0.2, 0.25) is 5.01 Å². The number of hydrogen-bond donors (Lipinski definition) is 1. The molecule has 1 atom stereocenters. The highest BCUT2D eigenvalue weighted by Gasteiger charge is 2.28. The van der Waals surface area contributed by atoms with Gasteiger partial charge in [0.05, 0.1) is 6.54 Å². The molecule has 1 unspecified atom stereocenters. The minimum Gasteiger partial charge on any atom is -0.486 e. The molecule has 2 aliphatic rings. The number of nitrogens with zero attached hydrogens (tertiary/aromatic N) is 3. The van der Waals surface area contributed by atoms with Crippen molar-refractivity contribution in [1.29, 1.82) is 0 Å². The van der Waals surface area contributed by atoms with Crippen molar-refractivity contribution < 1.29 is 14.3 Å². The van der Waals surface area contributed by atoms with Gasteiger partial charge >= 0.3 is 0 Å². The zero-order valence-corrected chi connectivity index (χ0v) is 18.9. The van der Waals surface area contributed by atoms with Crippen LogP contribution in [-0.2, 0) is 13.0 Å². The van der Waals surface area contributed by atoms with E-state index in [1.165, 1.54) is 22.5 Å². The molecular formula is C24H26N4O3S. The van der Waals surface area contributed by atoms with Crippen LogP contribution in [-0.4, -0.2) is 40.8 Å². The first kappa shape index (κ1) is 20.9. The SMILES string of the molecule is CCc1ccc(NC(=O)c2nnc(CN3CCCC3c3ccc4c(c3)OCCO4)s2)cc1. The number of carbonyl (C=O) groups excluding carboxylic acids is 1. The predicted octanol–water partition coefficient (Wildman–Crippen LogP) is 4.46. The van der Waals surface area contributed by atoms with Crippen LogP contribution in [0.3, 0.4) is 0 Å². The number of aryl methyl sites for hydroxylation is 1. The lowest BCUT2D eigenvalue weighted by Crippen LogP contribution is -2.23.